The summed E-state index contributed by atoms with van der Waals surface area (Å²) < 4.78 is 15.5. The Bertz CT molecular complexity index is 998. The van der Waals surface area contributed by atoms with Crippen molar-refractivity contribution in [3.63, 3.8) is 0 Å². The number of aromatic nitrogens is 2. The number of nitrogens with one attached hydrogen (secondary N) is 1. The van der Waals surface area contributed by atoms with Gasteiger partial charge < -0.3 is 5.32 Å². The van der Waals surface area contributed by atoms with Gasteiger partial charge in [0.1, 0.15) is 5.82 Å². The standard InChI is InChI=1S/C19H14Cl2FN3O/c20-12-7-8-17(14(21)9-12)25-18(11-5-6-11)13(10-23-25)19(26)24-16-4-2-1-3-15(16)22/h1-4,7-11H,5-6H2,(H,24,26). The molecule has 4 nitrogen and oxygen atoms in total. The maximum Gasteiger partial charge on any atom is 0.259 e. The zero-order chi connectivity index (χ0) is 18.3. The van der Waals surface area contributed by atoms with Crippen LogP contribution in [0.5, 0.6) is 0 Å². The fraction of sp³-hybridized carbons (Fsp3) is 0.158. The van der Waals surface area contributed by atoms with Crippen LogP contribution in [0.1, 0.15) is 34.8 Å². The first-order valence-electron chi connectivity index (χ1n) is 8.14. The number of hydrogen-bond acceptors (Lipinski definition) is 2. The molecule has 0 spiro atoms. The van der Waals surface area contributed by atoms with Gasteiger partial charge in [-0.05, 0) is 43.2 Å². The summed E-state index contributed by atoms with van der Waals surface area (Å²) in [6, 6.07) is 11.2. The van der Waals surface area contributed by atoms with Crippen LogP contribution in [-0.2, 0) is 0 Å². The summed E-state index contributed by atoms with van der Waals surface area (Å²) in [7, 11) is 0. The predicted molar refractivity (Wildman–Crippen MR) is 99.9 cm³/mol. The minimum Gasteiger partial charge on any atom is -0.319 e. The first kappa shape index (κ1) is 17.1. The molecule has 0 unspecified atom stereocenters. The zero-order valence-corrected chi connectivity index (χ0v) is 15.1. The Balaban J connectivity index is 1.73. The molecule has 7 heteroatoms. The van der Waals surface area contributed by atoms with E-state index in [1.165, 1.54) is 18.3 Å². The van der Waals surface area contributed by atoms with Crippen LogP contribution in [0, 0.1) is 5.82 Å². The van der Waals surface area contributed by atoms with Gasteiger partial charge in [0, 0.05) is 10.9 Å². The molecule has 1 aliphatic carbocycles. The largest absolute Gasteiger partial charge is 0.319 e. The molecule has 0 bridgehead atoms. The van der Waals surface area contributed by atoms with Crippen molar-refractivity contribution >= 4 is 34.8 Å². The van der Waals surface area contributed by atoms with E-state index >= 15 is 0 Å². The van der Waals surface area contributed by atoms with Crippen molar-refractivity contribution in [3.05, 3.63) is 75.8 Å². The van der Waals surface area contributed by atoms with Crippen molar-refractivity contribution in [2.75, 3.05) is 5.32 Å². The lowest BCUT2D eigenvalue weighted by Gasteiger charge is -2.11. The van der Waals surface area contributed by atoms with E-state index in [2.05, 4.69) is 10.4 Å². The van der Waals surface area contributed by atoms with Gasteiger partial charge in [0.2, 0.25) is 0 Å². The van der Waals surface area contributed by atoms with Gasteiger partial charge in [0.25, 0.3) is 5.91 Å². The summed E-state index contributed by atoms with van der Waals surface area (Å²) in [6.07, 6.45) is 3.43. The number of carbonyl (C=O) groups is 1. The lowest BCUT2D eigenvalue weighted by molar-refractivity contribution is 0.102. The first-order valence-corrected chi connectivity index (χ1v) is 8.89. The van der Waals surface area contributed by atoms with Crippen molar-refractivity contribution in [2.24, 2.45) is 0 Å². The summed E-state index contributed by atoms with van der Waals surface area (Å²) in [6.45, 7) is 0. The zero-order valence-electron chi connectivity index (χ0n) is 13.5. The Hall–Kier alpha value is -2.37. The molecule has 1 fully saturated rings. The SMILES string of the molecule is O=C(Nc1ccccc1F)c1cnn(-c2ccc(Cl)cc2Cl)c1C1CC1. The quantitative estimate of drug-likeness (QED) is 0.644. The highest BCUT2D eigenvalue weighted by Gasteiger charge is 2.33. The van der Waals surface area contributed by atoms with Gasteiger partial charge in [-0.3, -0.25) is 4.79 Å². The molecule has 1 aromatic heterocycles. The third-order valence-electron chi connectivity index (χ3n) is 4.28. The lowest BCUT2D eigenvalue weighted by Crippen LogP contribution is -2.15. The molecule has 26 heavy (non-hydrogen) atoms. The third kappa shape index (κ3) is 3.20. The predicted octanol–water partition coefficient (Wildman–Crippen LogP) is 5.45. The molecular formula is C19H14Cl2FN3O. The average Bonchev–Trinajstić information content (AvgIpc) is 3.36. The number of benzene rings is 2. The monoisotopic (exact) mass is 389 g/mol. The minimum atomic E-state index is -0.484. The van der Waals surface area contributed by atoms with Crippen LogP contribution in [0.15, 0.2) is 48.7 Å². The van der Waals surface area contributed by atoms with E-state index in [9.17, 15) is 9.18 Å². The minimum absolute atomic E-state index is 0.136. The number of hydrogen-bond donors (Lipinski definition) is 1. The Morgan fingerprint density at radius 3 is 2.65 bits per heavy atom. The van der Waals surface area contributed by atoms with Crippen LogP contribution in [0.25, 0.3) is 5.69 Å². The average molecular weight is 390 g/mol. The van der Waals surface area contributed by atoms with E-state index < -0.39 is 11.7 Å². The number of amides is 1. The molecule has 1 heterocycles. The van der Waals surface area contributed by atoms with Crippen LogP contribution in [-0.4, -0.2) is 15.7 Å². The van der Waals surface area contributed by atoms with Crippen LogP contribution in [0.4, 0.5) is 10.1 Å². The molecule has 1 saturated carbocycles. The molecule has 0 radical (unpaired) electrons. The van der Waals surface area contributed by atoms with Gasteiger partial charge in [0.05, 0.1) is 33.9 Å². The molecule has 1 amide bonds. The van der Waals surface area contributed by atoms with Crippen molar-refractivity contribution < 1.29 is 9.18 Å². The molecule has 4 rings (SSSR count). The van der Waals surface area contributed by atoms with Gasteiger partial charge in [-0.15, -0.1) is 0 Å². The van der Waals surface area contributed by atoms with Crippen LogP contribution in [0.2, 0.25) is 10.0 Å². The molecule has 0 saturated heterocycles. The van der Waals surface area contributed by atoms with E-state index in [0.717, 1.165) is 18.5 Å². The van der Waals surface area contributed by atoms with Crippen LogP contribution in [0.3, 0.4) is 0 Å². The highest BCUT2D eigenvalue weighted by Crippen LogP contribution is 2.43. The molecule has 132 valence electrons. The van der Waals surface area contributed by atoms with Gasteiger partial charge in [0.15, 0.2) is 0 Å². The number of anilines is 1. The number of rotatable bonds is 4. The summed E-state index contributed by atoms with van der Waals surface area (Å²) in [5, 5.41) is 7.95. The second-order valence-corrected chi connectivity index (χ2v) is 7.00. The Morgan fingerprint density at radius 1 is 1.19 bits per heavy atom. The topological polar surface area (TPSA) is 46.9 Å². The fourth-order valence-electron chi connectivity index (χ4n) is 2.88. The van der Waals surface area contributed by atoms with Crippen molar-refractivity contribution in [1.29, 1.82) is 0 Å². The van der Waals surface area contributed by atoms with Crippen LogP contribution < -0.4 is 5.32 Å². The van der Waals surface area contributed by atoms with E-state index in [0.29, 0.717) is 21.3 Å². The molecule has 1 N–H and O–H groups in total. The van der Waals surface area contributed by atoms with Gasteiger partial charge in [-0.1, -0.05) is 35.3 Å². The second-order valence-electron chi connectivity index (χ2n) is 6.16. The Kier molecular flexibility index (Phi) is 4.42. The van der Waals surface area contributed by atoms with Gasteiger partial charge >= 0.3 is 0 Å². The summed E-state index contributed by atoms with van der Waals surface area (Å²) in [5.74, 6) is -0.652. The van der Waals surface area contributed by atoms with E-state index in [4.69, 9.17) is 23.2 Å². The van der Waals surface area contributed by atoms with Crippen LogP contribution >= 0.6 is 23.2 Å². The number of halogens is 3. The third-order valence-corrected chi connectivity index (χ3v) is 4.81. The number of nitrogens with zero attached hydrogens (tertiary/aromatic N) is 2. The van der Waals surface area contributed by atoms with E-state index in [1.54, 1.807) is 35.0 Å². The highest BCUT2D eigenvalue weighted by molar-refractivity contribution is 6.35. The summed E-state index contributed by atoms with van der Waals surface area (Å²) in [5.41, 5.74) is 1.99. The van der Waals surface area contributed by atoms with Gasteiger partial charge in [-0.25, -0.2) is 9.07 Å². The van der Waals surface area contributed by atoms with Gasteiger partial charge in [-0.2, -0.15) is 5.10 Å². The molecule has 0 atom stereocenters. The normalized spacial score (nSPS) is 13.7. The number of para-hydroxylation sites is 1. The molecule has 1 aliphatic rings. The van der Waals surface area contributed by atoms with Crippen molar-refractivity contribution in [3.8, 4) is 5.69 Å². The maximum atomic E-state index is 13.8. The maximum absolute atomic E-state index is 13.8. The van der Waals surface area contributed by atoms with E-state index in [-0.39, 0.29) is 11.6 Å². The first-order chi connectivity index (χ1) is 12.5. The molecule has 3 aromatic rings. The summed E-state index contributed by atoms with van der Waals surface area (Å²) >= 11 is 12.3. The summed E-state index contributed by atoms with van der Waals surface area (Å²) in [4.78, 5) is 12.7. The van der Waals surface area contributed by atoms with Crippen molar-refractivity contribution in [1.82, 2.24) is 9.78 Å². The highest BCUT2D eigenvalue weighted by atomic mass is 35.5. The second kappa shape index (κ2) is 6.74. The number of carbonyl (C=O) groups excluding carboxylic acids is 1. The molecule has 0 aliphatic heterocycles. The Morgan fingerprint density at radius 2 is 1.96 bits per heavy atom. The molecular weight excluding hydrogens is 376 g/mol. The molecule has 2 aromatic carbocycles. The van der Waals surface area contributed by atoms with E-state index in [1.807, 2.05) is 0 Å². The smallest absolute Gasteiger partial charge is 0.259 e. The lowest BCUT2D eigenvalue weighted by atomic mass is 10.1. The fourth-order valence-corrected chi connectivity index (χ4v) is 3.37. The van der Waals surface area contributed by atoms with Crippen molar-refractivity contribution in [2.45, 2.75) is 18.8 Å². The Labute approximate surface area is 159 Å².